The highest BCUT2D eigenvalue weighted by Gasteiger charge is 2.12. The normalized spacial score (nSPS) is 10.8. The minimum absolute atomic E-state index is 0.415. The van der Waals surface area contributed by atoms with Crippen LogP contribution < -0.4 is 14.8 Å². The van der Waals surface area contributed by atoms with Gasteiger partial charge in [0.25, 0.3) is 0 Å². The van der Waals surface area contributed by atoms with Crippen molar-refractivity contribution in [2.75, 3.05) is 14.2 Å². The molecule has 1 heterocycles. The molecular weight excluding hydrogens is 254 g/mol. The Balaban J connectivity index is 2.30. The van der Waals surface area contributed by atoms with Crippen LogP contribution >= 0.6 is 0 Å². The molecule has 0 spiro atoms. The van der Waals surface area contributed by atoms with Gasteiger partial charge in [0, 0.05) is 11.6 Å². The Bertz CT molecular complexity index is 561. The largest absolute Gasteiger partial charge is 0.493 e. The van der Waals surface area contributed by atoms with Crippen LogP contribution in [0, 0.1) is 0 Å². The molecule has 0 aliphatic heterocycles. The highest BCUT2D eigenvalue weighted by atomic mass is 16.5. The lowest BCUT2D eigenvalue weighted by Gasteiger charge is -2.11. The maximum Gasteiger partial charge on any atom is 0.161 e. The first-order valence-corrected chi connectivity index (χ1v) is 6.68. The van der Waals surface area contributed by atoms with Crippen LogP contribution in [0.4, 0.5) is 0 Å². The van der Waals surface area contributed by atoms with Crippen molar-refractivity contribution in [1.82, 2.24) is 5.32 Å². The predicted octanol–water partition coefficient (Wildman–Crippen LogP) is 3.46. The van der Waals surface area contributed by atoms with Crippen LogP contribution in [-0.4, -0.2) is 20.3 Å². The topological polar surface area (TPSA) is 43.6 Å². The van der Waals surface area contributed by atoms with Crippen LogP contribution in [0.3, 0.4) is 0 Å². The van der Waals surface area contributed by atoms with Crippen LogP contribution in [0.1, 0.15) is 19.6 Å². The molecular formula is C16H21NO3. The number of rotatable bonds is 6. The Morgan fingerprint density at radius 2 is 1.85 bits per heavy atom. The van der Waals surface area contributed by atoms with Crippen molar-refractivity contribution in [2.24, 2.45) is 0 Å². The van der Waals surface area contributed by atoms with Crippen molar-refractivity contribution in [2.45, 2.75) is 26.4 Å². The zero-order valence-electron chi connectivity index (χ0n) is 12.4. The second-order valence-corrected chi connectivity index (χ2v) is 4.86. The fraction of sp³-hybridized carbons (Fsp3) is 0.375. The third-order valence-electron chi connectivity index (χ3n) is 3.11. The van der Waals surface area contributed by atoms with E-state index in [-0.39, 0.29) is 0 Å². The van der Waals surface area contributed by atoms with E-state index >= 15 is 0 Å². The zero-order valence-corrected chi connectivity index (χ0v) is 12.4. The maximum absolute atomic E-state index is 5.56. The molecule has 108 valence electrons. The smallest absolute Gasteiger partial charge is 0.161 e. The van der Waals surface area contributed by atoms with Crippen molar-refractivity contribution in [3.05, 3.63) is 36.3 Å². The molecule has 1 aromatic carbocycles. The quantitative estimate of drug-likeness (QED) is 0.876. The molecule has 2 aromatic rings. The Labute approximate surface area is 119 Å². The molecule has 0 saturated heterocycles. The molecule has 0 fully saturated rings. The number of benzene rings is 1. The molecule has 1 aromatic heterocycles. The van der Waals surface area contributed by atoms with Crippen molar-refractivity contribution in [3.63, 3.8) is 0 Å². The monoisotopic (exact) mass is 275 g/mol. The Morgan fingerprint density at radius 1 is 1.10 bits per heavy atom. The van der Waals surface area contributed by atoms with Gasteiger partial charge in [0.15, 0.2) is 11.5 Å². The first-order chi connectivity index (χ1) is 9.65. The second-order valence-electron chi connectivity index (χ2n) is 4.86. The molecule has 20 heavy (non-hydrogen) atoms. The van der Waals surface area contributed by atoms with Crippen molar-refractivity contribution < 1.29 is 13.9 Å². The summed E-state index contributed by atoms with van der Waals surface area (Å²) >= 11 is 0. The summed E-state index contributed by atoms with van der Waals surface area (Å²) in [6, 6.07) is 8.26. The predicted molar refractivity (Wildman–Crippen MR) is 79.2 cm³/mol. The summed E-state index contributed by atoms with van der Waals surface area (Å²) in [6.07, 6.45) is 1.71. The molecule has 0 aliphatic carbocycles. The summed E-state index contributed by atoms with van der Waals surface area (Å²) in [5.74, 6) is 2.36. The molecule has 0 amide bonds. The van der Waals surface area contributed by atoms with Gasteiger partial charge < -0.3 is 19.2 Å². The first kappa shape index (κ1) is 14.5. The van der Waals surface area contributed by atoms with Gasteiger partial charge in [-0.15, -0.1) is 0 Å². The van der Waals surface area contributed by atoms with Gasteiger partial charge in [-0.2, -0.15) is 0 Å². The summed E-state index contributed by atoms with van der Waals surface area (Å²) < 4.78 is 16.2. The molecule has 0 unspecified atom stereocenters. The van der Waals surface area contributed by atoms with E-state index in [0.29, 0.717) is 18.3 Å². The molecule has 0 saturated carbocycles. The summed E-state index contributed by atoms with van der Waals surface area (Å²) in [7, 11) is 3.27. The standard InChI is InChI=1S/C16H21NO3/c1-11(2)17-10-16-13(7-8-20-16)12-5-6-14(18-3)15(9-12)19-4/h5-9,11,17H,10H2,1-4H3. The Kier molecular flexibility index (Phi) is 4.69. The van der Waals surface area contributed by atoms with Gasteiger partial charge >= 0.3 is 0 Å². The van der Waals surface area contributed by atoms with E-state index < -0.39 is 0 Å². The fourth-order valence-electron chi connectivity index (χ4n) is 2.04. The highest BCUT2D eigenvalue weighted by molar-refractivity contribution is 5.68. The molecule has 1 N–H and O–H groups in total. The van der Waals surface area contributed by atoms with Crippen LogP contribution in [0.2, 0.25) is 0 Å². The molecule has 4 nitrogen and oxygen atoms in total. The van der Waals surface area contributed by atoms with Gasteiger partial charge in [0.1, 0.15) is 5.76 Å². The van der Waals surface area contributed by atoms with E-state index in [1.807, 2.05) is 24.3 Å². The van der Waals surface area contributed by atoms with E-state index in [9.17, 15) is 0 Å². The lowest BCUT2D eigenvalue weighted by atomic mass is 10.1. The average molecular weight is 275 g/mol. The van der Waals surface area contributed by atoms with Gasteiger partial charge in [-0.05, 0) is 23.8 Å². The van der Waals surface area contributed by atoms with E-state index in [2.05, 4.69) is 19.2 Å². The first-order valence-electron chi connectivity index (χ1n) is 6.68. The number of methoxy groups -OCH3 is 2. The second kappa shape index (κ2) is 6.48. The number of ether oxygens (including phenoxy) is 2. The minimum atomic E-state index is 0.415. The molecule has 0 atom stereocenters. The van der Waals surface area contributed by atoms with Crippen molar-refractivity contribution in [1.29, 1.82) is 0 Å². The van der Waals surface area contributed by atoms with Crippen LogP contribution in [-0.2, 0) is 6.54 Å². The molecule has 2 rings (SSSR count). The SMILES string of the molecule is COc1ccc(-c2ccoc2CNC(C)C)cc1OC. The van der Waals surface area contributed by atoms with Gasteiger partial charge in [0.05, 0.1) is 27.0 Å². The Hall–Kier alpha value is -1.94. The van der Waals surface area contributed by atoms with Crippen LogP contribution in [0.5, 0.6) is 11.5 Å². The summed E-state index contributed by atoms with van der Waals surface area (Å²) in [5.41, 5.74) is 2.12. The molecule has 0 bridgehead atoms. The summed E-state index contributed by atoms with van der Waals surface area (Å²) in [5, 5.41) is 3.36. The summed E-state index contributed by atoms with van der Waals surface area (Å²) in [4.78, 5) is 0. The number of hydrogen-bond acceptors (Lipinski definition) is 4. The Morgan fingerprint density at radius 3 is 2.50 bits per heavy atom. The van der Waals surface area contributed by atoms with Crippen molar-refractivity contribution in [3.8, 4) is 22.6 Å². The van der Waals surface area contributed by atoms with E-state index in [1.54, 1.807) is 20.5 Å². The highest BCUT2D eigenvalue weighted by Crippen LogP contribution is 2.34. The average Bonchev–Trinajstić information content (AvgIpc) is 2.92. The van der Waals surface area contributed by atoms with Gasteiger partial charge in [-0.25, -0.2) is 0 Å². The lowest BCUT2D eigenvalue weighted by Crippen LogP contribution is -2.21. The number of furan rings is 1. The summed E-state index contributed by atoms with van der Waals surface area (Å²) in [6.45, 7) is 4.92. The van der Waals surface area contributed by atoms with E-state index in [0.717, 1.165) is 22.6 Å². The molecule has 0 radical (unpaired) electrons. The van der Waals surface area contributed by atoms with Crippen LogP contribution in [0.25, 0.3) is 11.1 Å². The van der Waals surface area contributed by atoms with Crippen LogP contribution in [0.15, 0.2) is 34.9 Å². The van der Waals surface area contributed by atoms with E-state index in [1.165, 1.54) is 0 Å². The third-order valence-corrected chi connectivity index (χ3v) is 3.11. The lowest BCUT2D eigenvalue weighted by molar-refractivity contribution is 0.355. The van der Waals surface area contributed by atoms with Gasteiger partial charge in [-0.1, -0.05) is 19.9 Å². The van der Waals surface area contributed by atoms with E-state index in [4.69, 9.17) is 13.9 Å². The minimum Gasteiger partial charge on any atom is -0.493 e. The fourth-order valence-corrected chi connectivity index (χ4v) is 2.04. The maximum atomic E-state index is 5.56. The molecule has 0 aliphatic rings. The van der Waals surface area contributed by atoms with Crippen molar-refractivity contribution >= 4 is 0 Å². The van der Waals surface area contributed by atoms with Gasteiger partial charge in [-0.3, -0.25) is 0 Å². The third kappa shape index (κ3) is 3.14. The number of nitrogens with one attached hydrogen (secondary N) is 1. The molecule has 4 heteroatoms. The number of hydrogen-bond donors (Lipinski definition) is 1. The van der Waals surface area contributed by atoms with Gasteiger partial charge in [0.2, 0.25) is 0 Å². The zero-order chi connectivity index (χ0) is 14.5.